The second-order valence-electron chi connectivity index (χ2n) is 4.56. The molecule has 1 nitrogen and oxygen atoms in total. The second kappa shape index (κ2) is 5.64. The Morgan fingerprint density at radius 1 is 1.31 bits per heavy atom. The van der Waals surface area contributed by atoms with Crippen LogP contribution in [0.5, 0.6) is 0 Å². The van der Waals surface area contributed by atoms with Crippen LogP contribution in [0.1, 0.15) is 46.5 Å². The van der Waals surface area contributed by atoms with Gasteiger partial charge in [0.15, 0.2) is 0 Å². The van der Waals surface area contributed by atoms with Crippen molar-refractivity contribution in [3.05, 3.63) is 0 Å². The molecular weight excluding hydrogens is 160 g/mol. The summed E-state index contributed by atoms with van der Waals surface area (Å²) in [7, 11) is 0. The van der Waals surface area contributed by atoms with E-state index in [1.807, 2.05) is 0 Å². The summed E-state index contributed by atoms with van der Waals surface area (Å²) < 4.78 is 5.50. The molecule has 0 saturated heterocycles. The van der Waals surface area contributed by atoms with E-state index in [0.717, 1.165) is 31.0 Å². The van der Waals surface area contributed by atoms with Crippen LogP contribution >= 0.6 is 0 Å². The van der Waals surface area contributed by atoms with Gasteiger partial charge in [-0.1, -0.05) is 33.1 Å². The smallest absolute Gasteiger partial charge is 0.0494 e. The first-order chi connectivity index (χ1) is 6.25. The summed E-state index contributed by atoms with van der Waals surface area (Å²) in [6.07, 6.45) is 5.74. The molecule has 3 atom stereocenters. The summed E-state index contributed by atoms with van der Waals surface area (Å²) in [5.41, 5.74) is 0. The van der Waals surface area contributed by atoms with Gasteiger partial charge in [0.1, 0.15) is 0 Å². The highest BCUT2D eigenvalue weighted by atomic mass is 16.5. The van der Waals surface area contributed by atoms with Crippen LogP contribution in [0.15, 0.2) is 0 Å². The minimum Gasteiger partial charge on any atom is -0.381 e. The molecule has 3 unspecified atom stereocenters. The van der Waals surface area contributed by atoms with Crippen LogP contribution in [0, 0.1) is 17.8 Å². The Kier molecular flexibility index (Phi) is 4.79. The predicted molar refractivity (Wildman–Crippen MR) is 56.8 cm³/mol. The number of ether oxygens (including phenoxy) is 1. The Morgan fingerprint density at radius 2 is 2.00 bits per heavy atom. The molecule has 1 aliphatic carbocycles. The molecule has 1 heteroatoms. The van der Waals surface area contributed by atoms with E-state index in [4.69, 9.17) is 4.74 Å². The van der Waals surface area contributed by atoms with Gasteiger partial charge in [0, 0.05) is 13.2 Å². The van der Waals surface area contributed by atoms with Gasteiger partial charge in [-0.2, -0.15) is 0 Å². The summed E-state index contributed by atoms with van der Waals surface area (Å²) in [6.45, 7) is 8.67. The van der Waals surface area contributed by atoms with Crippen molar-refractivity contribution in [3.8, 4) is 0 Å². The molecule has 1 aliphatic rings. The lowest BCUT2D eigenvalue weighted by Crippen LogP contribution is -2.26. The van der Waals surface area contributed by atoms with Crippen molar-refractivity contribution >= 4 is 0 Å². The number of hydrogen-bond acceptors (Lipinski definition) is 1. The van der Waals surface area contributed by atoms with E-state index < -0.39 is 0 Å². The fourth-order valence-electron chi connectivity index (χ4n) is 2.62. The topological polar surface area (TPSA) is 9.23 Å². The van der Waals surface area contributed by atoms with Gasteiger partial charge < -0.3 is 4.74 Å². The van der Waals surface area contributed by atoms with E-state index in [1.54, 1.807) is 0 Å². The molecule has 0 aromatic heterocycles. The maximum Gasteiger partial charge on any atom is 0.0494 e. The zero-order valence-electron chi connectivity index (χ0n) is 9.38. The van der Waals surface area contributed by atoms with Gasteiger partial charge in [-0.05, 0) is 31.1 Å². The van der Waals surface area contributed by atoms with Crippen molar-refractivity contribution in [2.45, 2.75) is 46.5 Å². The molecule has 13 heavy (non-hydrogen) atoms. The van der Waals surface area contributed by atoms with Crippen molar-refractivity contribution in [1.29, 1.82) is 0 Å². The molecule has 0 radical (unpaired) electrons. The Morgan fingerprint density at radius 3 is 2.62 bits per heavy atom. The first kappa shape index (κ1) is 11.0. The van der Waals surface area contributed by atoms with Crippen LogP contribution in [0.25, 0.3) is 0 Å². The third-order valence-electron chi connectivity index (χ3n) is 3.49. The van der Waals surface area contributed by atoms with Gasteiger partial charge in [0.05, 0.1) is 0 Å². The lowest BCUT2D eigenvalue weighted by Gasteiger charge is -2.33. The Labute approximate surface area is 82.9 Å². The fourth-order valence-corrected chi connectivity index (χ4v) is 2.62. The third kappa shape index (κ3) is 3.30. The fraction of sp³-hybridized carbons (Fsp3) is 1.00. The molecule has 1 rings (SSSR count). The maximum atomic E-state index is 5.50. The molecule has 78 valence electrons. The van der Waals surface area contributed by atoms with Crippen molar-refractivity contribution in [2.75, 3.05) is 13.2 Å². The highest BCUT2D eigenvalue weighted by Crippen LogP contribution is 2.34. The van der Waals surface area contributed by atoms with Gasteiger partial charge in [0.2, 0.25) is 0 Å². The molecule has 1 fully saturated rings. The maximum absolute atomic E-state index is 5.50. The number of hydrogen-bond donors (Lipinski definition) is 0. The van der Waals surface area contributed by atoms with Gasteiger partial charge in [-0.15, -0.1) is 0 Å². The van der Waals surface area contributed by atoms with Crippen molar-refractivity contribution in [2.24, 2.45) is 17.8 Å². The Bertz CT molecular complexity index is 133. The van der Waals surface area contributed by atoms with Crippen LogP contribution < -0.4 is 0 Å². The van der Waals surface area contributed by atoms with E-state index in [1.165, 1.54) is 25.7 Å². The quantitative estimate of drug-likeness (QED) is 0.650. The zero-order chi connectivity index (χ0) is 9.68. The largest absolute Gasteiger partial charge is 0.381 e. The van der Waals surface area contributed by atoms with Gasteiger partial charge in [0.25, 0.3) is 0 Å². The summed E-state index contributed by atoms with van der Waals surface area (Å²) >= 11 is 0. The van der Waals surface area contributed by atoms with Crippen molar-refractivity contribution in [1.82, 2.24) is 0 Å². The highest BCUT2D eigenvalue weighted by molar-refractivity contribution is 4.76. The SMILES string of the molecule is CCOCC(C)C1CCCCC1C. The summed E-state index contributed by atoms with van der Waals surface area (Å²) in [6, 6.07) is 0. The molecule has 0 aromatic rings. The average molecular weight is 184 g/mol. The van der Waals surface area contributed by atoms with Crippen LogP contribution in [-0.4, -0.2) is 13.2 Å². The standard InChI is InChI=1S/C12H24O/c1-4-13-9-11(3)12-8-6-5-7-10(12)2/h10-12H,4-9H2,1-3H3. The predicted octanol–water partition coefficient (Wildman–Crippen LogP) is 3.49. The van der Waals surface area contributed by atoms with E-state index in [2.05, 4.69) is 20.8 Å². The monoisotopic (exact) mass is 184 g/mol. The van der Waals surface area contributed by atoms with Gasteiger partial charge >= 0.3 is 0 Å². The molecule has 0 aliphatic heterocycles. The average Bonchev–Trinajstić information content (AvgIpc) is 2.15. The molecule has 0 N–H and O–H groups in total. The second-order valence-corrected chi connectivity index (χ2v) is 4.56. The van der Waals surface area contributed by atoms with Gasteiger partial charge in [-0.3, -0.25) is 0 Å². The molecule has 0 aromatic carbocycles. The van der Waals surface area contributed by atoms with Crippen LogP contribution in [0.2, 0.25) is 0 Å². The molecular formula is C12H24O. The zero-order valence-corrected chi connectivity index (χ0v) is 9.38. The number of rotatable bonds is 4. The van der Waals surface area contributed by atoms with Crippen LogP contribution in [0.4, 0.5) is 0 Å². The summed E-state index contributed by atoms with van der Waals surface area (Å²) in [5.74, 6) is 2.60. The normalized spacial score (nSPS) is 31.6. The van der Waals surface area contributed by atoms with Gasteiger partial charge in [-0.25, -0.2) is 0 Å². The van der Waals surface area contributed by atoms with E-state index in [0.29, 0.717) is 0 Å². The first-order valence-electron chi connectivity index (χ1n) is 5.83. The van der Waals surface area contributed by atoms with Crippen LogP contribution in [-0.2, 0) is 4.74 Å². The molecule has 0 bridgehead atoms. The Hall–Kier alpha value is -0.0400. The molecule has 1 saturated carbocycles. The third-order valence-corrected chi connectivity index (χ3v) is 3.49. The van der Waals surface area contributed by atoms with Crippen molar-refractivity contribution < 1.29 is 4.74 Å². The van der Waals surface area contributed by atoms with Crippen molar-refractivity contribution in [3.63, 3.8) is 0 Å². The summed E-state index contributed by atoms with van der Waals surface area (Å²) in [5, 5.41) is 0. The van der Waals surface area contributed by atoms with E-state index >= 15 is 0 Å². The molecule has 0 amide bonds. The Balaban J connectivity index is 2.30. The minimum atomic E-state index is 0.759. The van der Waals surface area contributed by atoms with E-state index in [-0.39, 0.29) is 0 Å². The highest BCUT2D eigenvalue weighted by Gasteiger charge is 2.26. The first-order valence-corrected chi connectivity index (χ1v) is 5.83. The minimum absolute atomic E-state index is 0.759. The molecule has 0 heterocycles. The lowest BCUT2D eigenvalue weighted by atomic mass is 9.74. The summed E-state index contributed by atoms with van der Waals surface area (Å²) in [4.78, 5) is 0. The molecule has 0 spiro atoms. The van der Waals surface area contributed by atoms with Crippen LogP contribution in [0.3, 0.4) is 0 Å². The van der Waals surface area contributed by atoms with E-state index in [9.17, 15) is 0 Å². The lowest BCUT2D eigenvalue weighted by molar-refractivity contribution is 0.0652.